The SMILES string of the molecule is O=C(OCc1ccc(I)cc1)C1C2CC3C(OC(=O)C31)C2O. The Bertz CT molecular complexity index is 628. The largest absolute Gasteiger partial charge is 0.461 e. The van der Waals surface area contributed by atoms with Crippen molar-refractivity contribution < 1.29 is 24.2 Å². The fraction of sp³-hybridized carbons (Fsp3) is 0.500. The van der Waals surface area contributed by atoms with Gasteiger partial charge < -0.3 is 14.6 Å². The number of ether oxygens (including phenoxy) is 2. The Balaban J connectivity index is 1.47. The quantitative estimate of drug-likeness (QED) is 0.600. The molecule has 6 heteroatoms. The number of fused-ring (bicyclic) bond motifs is 1. The molecule has 5 nitrogen and oxygen atoms in total. The molecule has 0 aromatic heterocycles. The van der Waals surface area contributed by atoms with E-state index < -0.39 is 30.0 Å². The first kappa shape index (κ1) is 14.4. The first-order chi connectivity index (χ1) is 10.6. The van der Waals surface area contributed by atoms with E-state index in [1.54, 1.807) is 0 Å². The summed E-state index contributed by atoms with van der Waals surface area (Å²) in [5.74, 6) is -1.98. The second kappa shape index (κ2) is 5.19. The fourth-order valence-electron chi connectivity index (χ4n) is 4.17. The molecular formula is C16H15IO5. The van der Waals surface area contributed by atoms with Crippen LogP contribution in [0.2, 0.25) is 0 Å². The predicted molar refractivity (Wildman–Crippen MR) is 83.4 cm³/mol. The van der Waals surface area contributed by atoms with Gasteiger partial charge in [0, 0.05) is 15.4 Å². The van der Waals surface area contributed by atoms with Crippen molar-refractivity contribution in [2.45, 2.75) is 25.2 Å². The van der Waals surface area contributed by atoms with Gasteiger partial charge in [-0.25, -0.2) is 0 Å². The van der Waals surface area contributed by atoms with E-state index in [9.17, 15) is 14.7 Å². The molecule has 2 aliphatic carbocycles. The summed E-state index contributed by atoms with van der Waals surface area (Å²) in [7, 11) is 0. The van der Waals surface area contributed by atoms with Gasteiger partial charge in [-0.1, -0.05) is 12.1 Å². The molecule has 1 aromatic rings. The van der Waals surface area contributed by atoms with Crippen LogP contribution in [0.25, 0.3) is 0 Å². The van der Waals surface area contributed by atoms with Crippen LogP contribution in [0, 0.1) is 27.2 Å². The normalized spacial score (nSPS) is 38.2. The molecule has 116 valence electrons. The van der Waals surface area contributed by atoms with E-state index >= 15 is 0 Å². The Labute approximate surface area is 141 Å². The fourth-order valence-corrected chi connectivity index (χ4v) is 4.53. The van der Waals surface area contributed by atoms with Crippen LogP contribution in [0.4, 0.5) is 0 Å². The van der Waals surface area contributed by atoms with E-state index in [2.05, 4.69) is 22.6 Å². The third kappa shape index (κ3) is 2.07. The van der Waals surface area contributed by atoms with Gasteiger partial charge in [0.2, 0.25) is 0 Å². The molecule has 3 fully saturated rings. The van der Waals surface area contributed by atoms with Crippen LogP contribution in [0.5, 0.6) is 0 Å². The molecule has 1 N–H and O–H groups in total. The van der Waals surface area contributed by atoms with E-state index in [4.69, 9.17) is 9.47 Å². The third-order valence-corrected chi connectivity index (χ3v) is 5.86. The van der Waals surface area contributed by atoms with Crippen molar-refractivity contribution in [3.05, 3.63) is 33.4 Å². The second-order valence-electron chi connectivity index (χ2n) is 6.24. The van der Waals surface area contributed by atoms with E-state index in [0.717, 1.165) is 9.13 Å². The Morgan fingerprint density at radius 1 is 1.32 bits per heavy atom. The number of esters is 2. The minimum atomic E-state index is -0.733. The first-order valence-corrected chi connectivity index (χ1v) is 8.44. The van der Waals surface area contributed by atoms with Gasteiger partial charge in [0.25, 0.3) is 0 Å². The second-order valence-corrected chi connectivity index (χ2v) is 7.49. The number of aliphatic hydroxyl groups is 1. The summed E-state index contributed by atoms with van der Waals surface area (Å²) in [6.45, 7) is 0.185. The zero-order chi connectivity index (χ0) is 15.4. The first-order valence-electron chi connectivity index (χ1n) is 7.36. The van der Waals surface area contributed by atoms with Crippen LogP contribution in [0.3, 0.4) is 0 Å². The number of halogens is 1. The average molecular weight is 414 g/mol. The highest BCUT2D eigenvalue weighted by Crippen LogP contribution is 2.58. The molecule has 4 rings (SSSR count). The third-order valence-electron chi connectivity index (χ3n) is 5.14. The number of hydrogen-bond donors (Lipinski definition) is 1. The van der Waals surface area contributed by atoms with Crippen LogP contribution in [-0.4, -0.2) is 29.3 Å². The molecule has 1 aromatic carbocycles. The minimum Gasteiger partial charge on any atom is -0.461 e. The van der Waals surface area contributed by atoms with Crippen LogP contribution in [-0.2, 0) is 25.7 Å². The maximum atomic E-state index is 12.4. The highest BCUT2D eigenvalue weighted by molar-refractivity contribution is 14.1. The van der Waals surface area contributed by atoms with E-state index in [1.165, 1.54) is 0 Å². The summed E-state index contributed by atoms with van der Waals surface area (Å²) in [4.78, 5) is 24.3. The molecule has 0 spiro atoms. The van der Waals surface area contributed by atoms with Crippen molar-refractivity contribution in [2.24, 2.45) is 23.7 Å². The minimum absolute atomic E-state index is 0.0247. The summed E-state index contributed by atoms with van der Waals surface area (Å²) in [6.07, 6.45) is -0.475. The van der Waals surface area contributed by atoms with Crippen LogP contribution in [0.1, 0.15) is 12.0 Å². The lowest BCUT2D eigenvalue weighted by molar-refractivity contribution is -0.157. The van der Waals surface area contributed by atoms with Gasteiger partial charge >= 0.3 is 11.9 Å². The topological polar surface area (TPSA) is 72.8 Å². The van der Waals surface area contributed by atoms with Gasteiger partial charge in [-0.3, -0.25) is 9.59 Å². The highest BCUT2D eigenvalue weighted by atomic mass is 127. The van der Waals surface area contributed by atoms with Crippen molar-refractivity contribution in [3.8, 4) is 0 Å². The Kier molecular flexibility index (Phi) is 3.41. The zero-order valence-corrected chi connectivity index (χ0v) is 13.8. The van der Waals surface area contributed by atoms with Crippen molar-refractivity contribution >= 4 is 34.5 Å². The van der Waals surface area contributed by atoms with E-state index in [1.807, 2.05) is 24.3 Å². The van der Waals surface area contributed by atoms with Crippen LogP contribution >= 0.6 is 22.6 Å². The van der Waals surface area contributed by atoms with Crippen molar-refractivity contribution in [1.82, 2.24) is 0 Å². The summed E-state index contributed by atoms with van der Waals surface area (Å²) in [5.41, 5.74) is 0.907. The lowest BCUT2D eigenvalue weighted by Crippen LogP contribution is -2.41. The molecule has 1 saturated heterocycles. The average Bonchev–Trinajstić information content (AvgIpc) is 3.10. The number of rotatable bonds is 3. The van der Waals surface area contributed by atoms with Gasteiger partial charge in [-0.15, -0.1) is 0 Å². The number of carbonyl (C=O) groups is 2. The molecular weight excluding hydrogens is 399 g/mol. The molecule has 3 aliphatic rings. The molecule has 22 heavy (non-hydrogen) atoms. The Hall–Kier alpha value is -1.15. The molecule has 6 atom stereocenters. The maximum absolute atomic E-state index is 12.4. The summed E-state index contributed by atoms with van der Waals surface area (Å²) in [6, 6.07) is 7.71. The Morgan fingerprint density at radius 3 is 2.77 bits per heavy atom. The molecule has 0 amide bonds. The molecule has 2 bridgehead atoms. The van der Waals surface area contributed by atoms with Crippen molar-refractivity contribution in [1.29, 1.82) is 0 Å². The van der Waals surface area contributed by atoms with Gasteiger partial charge in [-0.2, -0.15) is 0 Å². The zero-order valence-electron chi connectivity index (χ0n) is 11.6. The lowest BCUT2D eigenvalue weighted by Gasteiger charge is -2.26. The Morgan fingerprint density at radius 2 is 2.05 bits per heavy atom. The van der Waals surface area contributed by atoms with E-state index in [-0.39, 0.29) is 24.4 Å². The predicted octanol–water partition coefficient (Wildman–Crippen LogP) is 1.50. The van der Waals surface area contributed by atoms with Gasteiger partial charge in [0.1, 0.15) is 12.7 Å². The molecule has 0 radical (unpaired) electrons. The maximum Gasteiger partial charge on any atom is 0.310 e. The molecule has 2 saturated carbocycles. The lowest BCUT2D eigenvalue weighted by atomic mass is 9.78. The summed E-state index contributed by atoms with van der Waals surface area (Å²) >= 11 is 2.21. The highest BCUT2D eigenvalue weighted by Gasteiger charge is 2.68. The number of benzene rings is 1. The smallest absolute Gasteiger partial charge is 0.310 e. The van der Waals surface area contributed by atoms with Crippen molar-refractivity contribution in [2.75, 3.05) is 0 Å². The van der Waals surface area contributed by atoms with Gasteiger partial charge in [0.05, 0.1) is 17.9 Å². The number of aliphatic hydroxyl groups excluding tert-OH is 1. The number of hydrogen-bond acceptors (Lipinski definition) is 5. The van der Waals surface area contributed by atoms with Crippen LogP contribution < -0.4 is 0 Å². The van der Waals surface area contributed by atoms with Gasteiger partial charge in [-0.05, 0) is 46.7 Å². The monoisotopic (exact) mass is 414 g/mol. The molecule has 1 heterocycles. The molecule has 1 aliphatic heterocycles. The molecule has 6 unspecified atom stereocenters. The summed E-state index contributed by atoms with van der Waals surface area (Å²) in [5, 5.41) is 10.2. The van der Waals surface area contributed by atoms with E-state index in [0.29, 0.717) is 6.42 Å². The summed E-state index contributed by atoms with van der Waals surface area (Å²) < 4.78 is 11.7. The standard InChI is InChI=1S/C16H15IO5/c17-8-3-1-7(2-4-8)6-21-15(19)11-9-5-10-12(11)16(20)22-14(10)13(9)18/h1-4,9-14,18H,5-6H2. The van der Waals surface area contributed by atoms with Crippen molar-refractivity contribution in [3.63, 3.8) is 0 Å². The van der Waals surface area contributed by atoms with Crippen LogP contribution in [0.15, 0.2) is 24.3 Å². The number of carbonyl (C=O) groups excluding carboxylic acids is 2. The van der Waals surface area contributed by atoms with Gasteiger partial charge in [0.15, 0.2) is 0 Å².